The summed E-state index contributed by atoms with van der Waals surface area (Å²) in [6.07, 6.45) is 0. The maximum absolute atomic E-state index is 8.42. The number of hydroxylamine groups is 2. The first kappa shape index (κ1) is 7.46. The van der Waals surface area contributed by atoms with Crippen LogP contribution in [-0.4, -0.2) is 30.9 Å². The molecule has 0 atom stereocenters. The largest absolute Gasteiger partial charge is 0.390 e. The third-order valence-electron chi connectivity index (χ3n) is 0.902. The SMILES string of the molecule is C=C(CO)N(C)OC. The van der Waals surface area contributed by atoms with E-state index in [9.17, 15) is 0 Å². The number of aliphatic hydroxyl groups excluding tert-OH is 1. The van der Waals surface area contributed by atoms with Crippen molar-refractivity contribution in [3.63, 3.8) is 0 Å². The van der Waals surface area contributed by atoms with Gasteiger partial charge in [-0.1, -0.05) is 6.58 Å². The van der Waals surface area contributed by atoms with E-state index in [1.807, 2.05) is 0 Å². The Hall–Kier alpha value is -0.540. The van der Waals surface area contributed by atoms with Crippen molar-refractivity contribution < 1.29 is 9.94 Å². The number of likely N-dealkylation sites (N-methyl/N-ethyl adjacent to an activating group) is 1. The van der Waals surface area contributed by atoms with Gasteiger partial charge in [0.2, 0.25) is 0 Å². The molecule has 0 heterocycles. The van der Waals surface area contributed by atoms with Crippen LogP contribution in [0.25, 0.3) is 0 Å². The Labute approximate surface area is 49.1 Å². The van der Waals surface area contributed by atoms with Crippen molar-refractivity contribution in [2.75, 3.05) is 20.8 Å². The van der Waals surface area contributed by atoms with Gasteiger partial charge in [0.05, 0.1) is 19.4 Å². The minimum atomic E-state index is -0.0651. The summed E-state index contributed by atoms with van der Waals surface area (Å²) in [5.41, 5.74) is 0.549. The van der Waals surface area contributed by atoms with Crippen LogP contribution in [0, 0.1) is 0 Å². The molecule has 0 rings (SSSR count). The van der Waals surface area contributed by atoms with Gasteiger partial charge in [-0.25, -0.2) is 0 Å². The maximum atomic E-state index is 8.42. The molecule has 1 N–H and O–H groups in total. The summed E-state index contributed by atoms with van der Waals surface area (Å²) >= 11 is 0. The highest BCUT2D eigenvalue weighted by Gasteiger charge is 1.94. The second kappa shape index (κ2) is 3.46. The lowest BCUT2D eigenvalue weighted by Crippen LogP contribution is -2.17. The number of aliphatic hydroxyl groups is 1. The summed E-state index contributed by atoms with van der Waals surface area (Å²) in [6.45, 7) is 3.43. The minimum Gasteiger partial charge on any atom is -0.390 e. The van der Waals surface area contributed by atoms with Crippen molar-refractivity contribution in [1.29, 1.82) is 0 Å². The minimum absolute atomic E-state index is 0.0651. The van der Waals surface area contributed by atoms with Crippen LogP contribution in [0.4, 0.5) is 0 Å². The Bertz CT molecular complexity index is 82.5. The monoisotopic (exact) mass is 117 g/mol. The Balaban J connectivity index is 3.46. The summed E-state index contributed by atoms with van der Waals surface area (Å²) in [5, 5.41) is 9.82. The average molecular weight is 117 g/mol. The standard InChI is InChI=1S/C5H11NO2/c1-5(4-7)6(2)8-3/h7H,1,4H2,2-3H3. The van der Waals surface area contributed by atoms with E-state index in [2.05, 4.69) is 11.4 Å². The van der Waals surface area contributed by atoms with Gasteiger partial charge in [-0.2, -0.15) is 0 Å². The molecule has 0 amide bonds. The van der Waals surface area contributed by atoms with Gasteiger partial charge in [0, 0.05) is 7.05 Å². The molecule has 0 aliphatic rings. The highest BCUT2D eigenvalue weighted by molar-refractivity contribution is 4.87. The van der Waals surface area contributed by atoms with Gasteiger partial charge in [-0.15, -0.1) is 0 Å². The molecule has 0 aromatic heterocycles. The Kier molecular flexibility index (Phi) is 3.23. The maximum Gasteiger partial charge on any atom is 0.0847 e. The van der Waals surface area contributed by atoms with E-state index in [1.54, 1.807) is 7.05 Å². The molecule has 0 saturated heterocycles. The lowest BCUT2D eigenvalue weighted by molar-refractivity contribution is -0.0836. The number of rotatable bonds is 3. The highest BCUT2D eigenvalue weighted by atomic mass is 16.7. The van der Waals surface area contributed by atoms with E-state index >= 15 is 0 Å². The molecule has 0 aliphatic carbocycles. The van der Waals surface area contributed by atoms with Crippen molar-refractivity contribution in [3.05, 3.63) is 12.3 Å². The van der Waals surface area contributed by atoms with Crippen molar-refractivity contribution in [2.24, 2.45) is 0 Å². The van der Waals surface area contributed by atoms with E-state index in [1.165, 1.54) is 12.2 Å². The van der Waals surface area contributed by atoms with Crippen LogP contribution in [0.15, 0.2) is 12.3 Å². The fourth-order valence-electron chi connectivity index (χ4n) is 0.229. The van der Waals surface area contributed by atoms with Crippen molar-refractivity contribution >= 4 is 0 Å². The summed E-state index contributed by atoms with van der Waals surface area (Å²) in [6, 6.07) is 0. The van der Waals surface area contributed by atoms with E-state index < -0.39 is 0 Å². The molecule has 0 radical (unpaired) electrons. The highest BCUT2D eigenvalue weighted by Crippen LogP contribution is 1.93. The smallest absolute Gasteiger partial charge is 0.0847 e. The van der Waals surface area contributed by atoms with E-state index in [0.717, 1.165) is 0 Å². The van der Waals surface area contributed by atoms with Gasteiger partial charge in [0.1, 0.15) is 0 Å². The first-order valence-corrected chi connectivity index (χ1v) is 2.28. The van der Waals surface area contributed by atoms with Crippen molar-refractivity contribution in [1.82, 2.24) is 5.06 Å². The second-order valence-corrected chi connectivity index (χ2v) is 1.40. The summed E-state index contributed by atoms with van der Waals surface area (Å²) in [7, 11) is 3.19. The number of hydrogen-bond acceptors (Lipinski definition) is 3. The topological polar surface area (TPSA) is 32.7 Å². The molecule has 0 aromatic carbocycles. The molecule has 0 aliphatic heterocycles. The molecule has 48 valence electrons. The predicted molar refractivity (Wildman–Crippen MR) is 31.0 cm³/mol. The van der Waals surface area contributed by atoms with Gasteiger partial charge in [0.25, 0.3) is 0 Å². The quantitative estimate of drug-likeness (QED) is 0.527. The van der Waals surface area contributed by atoms with Crippen molar-refractivity contribution in [2.45, 2.75) is 0 Å². The summed E-state index contributed by atoms with van der Waals surface area (Å²) < 4.78 is 0. The first-order chi connectivity index (χ1) is 3.72. The van der Waals surface area contributed by atoms with Gasteiger partial charge < -0.3 is 5.11 Å². The van der Waals surface area contributed by atoms with Crippen LogP contribution in [0.3, 0.4) is 0 Å². The molecule has 0 fully saturated rings. The fraction of sp³-hybridized carbons (Fsp3) is 0.600. The van der Waals surface area contributed by atoms with Crippen LogP contribution >= 0.6 is 0 Å². The van der Waals surface area contributed by atoms with Crippen LogP contribution in [0.5, 0.6) is 0 Å². The summed E-state index contributed by atoms with van der Waals surface area (Å²) in [5.74, 6) is 0. The molecular formula is C5H11NO2. The van der Waals surface area contributed by atoms with Crippen LogP contribution in [0.1, 0.15) is 0 Å². The van der Waals surface area contributed by atoms with Gasteiger partial charge in [-0.3, -0.25) is 9.90 Å². The molecule has 0 aromatic rings. The molecule has 3 nitrogen and oxygen atoms in total. The predicted octanol–water partition coefficient (Wildman–Crippen LogP) is -0.0144. The number of nitrogens with zero attached hydrogens (tertiary/aromatic N) is 1. The zero-order valence-electron chi connectivity index (χ0n) is 5.22. The normalized spacial score (nSPS) is 8.88. The Morgan fingerprint density at radius 1 is 1.88 bits per heavy atom. The summed E-state index contributed by atoms with van der Waals surface area (Å²) in [4.78, 5) is 4.68. The average Bonchev–Trinajstić information content (AvgIpc) is 1.84. The molecule has 3 heteroatoms. The molecule has 0 bridgehead atoms. The van der Waals surface area contributed by atoms with E-state index in [-0.39, 0.29) is 6.61 Å². The molecule has 8 heavy (non-hydrogen) atoms. The molecule has 0 unspecified atom stereocenters. The third-order valence-corrected chi connectivity index (χ3v) is 0.902. The zero-order chi connectivity index (χ0) is 6.57. The Morgan fingerprint density at radius 2 is 2.38 bits per heavy atom. The van der Waals surface area contributed by atoms with Crippen LogP contribution < -0.4 is 0 Å². The lowest BCUT2D eigenvalue weighted by atomic mass is 10.5. The molecule has 0 spiro atoms. The molecule has 0 saturated carbocycles. The lowest BCUT2D eigenvalue weighted by Gasteiger charge is -2.15. The van der Waals surface area contributed by atoms with Crippen LogP contribution in [0.2, 0.25) is 0 Å². The number of hydrogen-bond donors (Lipinski definition) is 1. The third kappa shape index (κ3) is 1.95. The van der Waals surface area contributed by atoms with Gasteiger partial charge in [-0.05, 0) is 0 Å². The Morgan fingerprint density at radius 3 is 2.50 bits per heavy atom. The second-order valence-electron chi connectivity index (χ2n) is 1.40. The fourth-order valence-corrected chi connectivity index (χ4v) is 0.229. The van der Waals surface area contributed by atoms with E-state index in [4.69, 9.17) is 5.11 Å². The first-order valence-electron chi connectivity index (χ1n) is 2.28. The van der Waals surface area contributed by atoms with Gasteiger partial charge >= 0.3 is 0 Å². The molecular weight excluding hydrogens is 106 g/mol. The zero-order valence-corrected chi connectivity index (χ0v) is 5.22. The van der Waals surface area contributed by atoms with Crippen LogP contribution in [-0.2, 0) is 4.84 Å². The van der Waals surface area contributed by atoms with Crippen molar-refractivity contribution in [3.8, 4) is 0 Å². The van der Waals surface area contributed by atoms with E-state index in [0.29, 0.717) is 5.70 Å². The van der Waals surface area contributed by atoms with Gasteiger partial charge in [0.15, 0.2) is 0 Å².